The molecule has 2 aromatic carbocycles. The van der Waals surface area contributed by atoms with Crippen LogP contribution in [0.5, 0.6) is 11.6 Å². The number of halogens is 1. The highest BCUT2D eigenvalue weighted by atomic mass is 19.1. The second-order valence-corrected chi connectivity index (χ2v) is 7.29. The molecule has 0 aliphatic heterocycles. The zero-order chi connectivity index (χ0) is 23.4. The minimum absolute atomic E-state index is 0.223. The van der Waals surface area contributed by atoms with Gasteiger partial charge in [-0.15, -0.1) is 5.10 Å². The quantitative estimate of drug-likeness (QED) is 0.393. The van der Waals surface area contributed by atoms with Gasteiger partial charge in [0.05, 0.1) is 7.11 Å². The molecular formula is C23H23FN6O3. The lowest BCUT2D eigenvalue weighted by Crippen LogP contribution is -2.25. The Labute approximate surface area is 189 Å². The van der Waals surface area contributed by atoms with Crippen LogP contribution in [0.1, 0.15) is 11.1 Å². The molecule has 0 aliphatic rings. The van der Waals surface area contributed by atoms with Crippen LogP contribution in [-0.2, 0) is 11.2 Å². The molecule has 0 aliphatic carbocycles. The van der Waals surface area contributed by atoms with Gasteiger partial charge in [0.25, 0.3) is 0 Å². The summed E-state index contributed by atoms with van der Waals surface area (Å²) in [5.74, 6) is 1.02. The molecule has 170 valence electrons. The second-order valence-electron chi connectivity index (χ2n) is 7.29. The van der Waals surface area contributed by atoms with Crippen molar-refractivity contribution in [3.63, 3.8) is 0 Å². The highest BCUT2D eigenvalue weighted by Crippen LogP contribution is 2.25. The van der Waals surface area contributed by atoms with Crippen LogP contribution in [0.15, 0.2) is 54.9 Å². The molecule has 1 atom stereocenters. The van der Waals surface area contributed by atoms with E-state index in [0.29, 0.717) is 23.4 Å². The molecule has 0 saturated carbocycles. The number of nitrogens with zero attached hydrogens (tertiary/aromatic N) is 5. The second kappa shape index (κ2) is 9.61. The van der Waals surface area contributed by atoms with Crippen LogP contribution >= 0.6 is 0 Å². The summed E-state index contributed by atoms with van der Waals surface area (Å²) in [6.45, 7) is 1.68. The third kappa shape index (κ3) is 5.07. The van der Waals surface area contributed by atoms with E-state index in [9.17, 15) is 9.50 Å². The molecule has 0 radical (unpaired) electrons. The molecule has 10 heteroatoms. The maximum absolute atomic E-state index is 14.3. The fraction of sp³-hybridized carbons (Fsp3) is 0.217. The summed E-state index contributed by atoms with van der Waals surface area (Å²) in [7, 11) is 3.19. The Hall–Kier alpha value is -4.05. The molecule has 0 bridgehead atoms. The maximum Gasteiger partial charge on any atom is 0.245 e. The Morgan fingerprint density at radius 2 is 1.97 bits per heavy atom. The van der Waals surface area contributed by atoms with Crippen molar-refractivity contribution >= 4 is 5.95 Å². The molecule has 0 saturated heterocycles. The molecule has 9 nitrogen and oxygen atoms in total. The zero-order valence-electron chi connectivity index (χ0n) is 18.4. The molecule has 0 fully saturated rings. The van der Waals surface area contributed by atoms with Gasteiger partial charge in [-0.25, -0.2) is 14.4 Å². The minimum Gasteiger partial charge on any atom is -0.497 e. The van der Waals surface area contributed by atoms with Gasteiger partial charge in [-0.05, 0) is 36.2 Å². The number of anilines is 1. The number of ether oxygens (including phenoxy) is 2. The smallest absolute Gasteiger partial charge is 0.245 e. The fourth-order valence-electron chi connectivity index (χ4n) is 3.26. The van der Waals surface area contributed by atoms with Crippen molar-refractivity contribution in [3.05, 3.63) is 71.8 Å². The molecule has 1 unspecified atom stereocenters. The van der Waals surface area contributed by atoms with E-state index in [1.54, 1.807) is 33.3 Å². The van der Waals surface area contributed by atoms with Crippen LogP contribution in [0, 0.1) is 12.7 Å². The van der Waals surface area contributed by atoms with Crippen LogP contribution in [0.3, 0.4) is 0 Å². The summed E-state index contributed by atoms with van der Waals surface area (Å²) in [5, 5.41) is 17.4. The molecule has 2 N–H and O–H groups in total. The number of hydrogen-bond acceptors (Lipinski definition) is 8. The lowest BCUT2D eigenvalue weighted by atomic mass is 10.1. The molecule has 0 amide bonds. The Kier molecular flexibility index (Phi) is 6.45. The van der Waals surface area contributed by atoms with Crippen LogP contribution in [0.25, 0.3) is 17.2 Å². The lowest BCUT2D eigenvalue weighted by Gasteiger charge is -2.16. The van der Waals surface area contributed by atoms with Gasteiger partial charge in [0.2, 0.25) is 11.8 Å². The number of rotatable bonds is 8. The predicted molar refractivity (Wildman–Crippen MR) is 120 cm³/mol. The first-order chi connectivity index (χ1) is 16.0. The van der Waals surface area contributed by atoms with Crippen molar-refractivity contribution in [2.24, 2.45) is 0 Å². The standard InChI is InChI=1S/C23H23FN6O3/c1-14-7-8-16(11-18(14)24)22-28-23(29-30(22)19-12-20(31)26-13-25-19)27-21(33-3)10-15-5-4-6-17(9-15)32-2/h4-9,11-13,21H,10H2,1-3H3,(H,27,29)(H,25,26,31). The number of aromatic hydroxyl groups is 1. The molecule has 0 spiro atoms. The van der Waals surface area contributed by atoms with Crippen molar-refractivity contribution < 1.29 is 19.0 Å². The fourth-order valence-corrected chi connectivity index (χ4v) is 3.26. The van der Waals surface area contributed by atoms with Crippen LogP contribution < -0.4 is 10.1 Å². The van der Waals surface area contributed by atoms with Gasteiger partial charge < -0.3 is 19.9 Å². The summed E-state index contributed by atoms with van der Waals surface area (Å²) < 4.78 is 26.5. The normalized spacial score (nSPS) is 11.9. The van der Waals surface area contributed by atoms with Gasteiger partial charge in [0.15, 0.2) is 11.6 Å². The first-order valence-electron chi connectivity index (χ1n) is 10.1. The average molecular weight is 450 g/mol. The molecule has 4 aromatic rings. The molecule has 2 heterocycles. The Bertz CT molecular complexity index is 1260. The highest BCUT2D eigenvalue weighted by molar-refractivity contribution is 5.60. The number of aromatic nitrogens is 5. The number of benzene rings is 2. The van der Waals surface area contributed by atoms with E-state index in [2.05, 4.69) is 25.4 Å². The summed E-state index contributed by atoms with van der Waals surface area (Å²) in [4.78, 5) is 12.4. The van der Waals surface area contributed by atoms with Gasteiger partial charge in [0, 0.05) is 25.2 Å². The van der Waals surface area contributed by atoms with Crippen LogP contribution in [0.4, 0.5) is 10.3 Å². The van der Waals surface area contributed by atoms with Crippen molar-refractivity contribution in [2.45, 2.75) is 19.6 Å². The Morgan fingerprint density at radius 3 is 2.70 bits per heavy atom. The number of nitrogens with one attached hydrogen (secondary N) is 1. The monoisotopic (exact) mass is 450 g/mol. The third-order valence-corrected chi connectivity index (χ3v) is 5.02. The summed E-state index contributed by atoms with van der Waals surface area (Å²) in [5.41, 5.74) is 2.01. The molecule has 33 heavy (non-hydrogen) atoms. The topological polar surface area (TPSA) is 107 Å². The predicted octanol–water partition coefficient (Wildman–Crippen LogP) is 3.51. The SMILES string of the molecule is COc1cccc(CC(Nc2nc(-c3ccc(C)c(F)c3)n(-c3cc(O)ncn3)n2)OC)c1. The molecular weight excluding hydrogens is 427 g/mol. The van der Waals surface area contributed by atoms with Crippen molar-refractivity contribution in [3.8, 4) is 28.8 Å². The van der Waals surface area contributed by atoms with E-state index in [0.717, 1.165) is 11.3 Å². The van der Waals surface area contributed by atoms with Crippen molar-refractivity contribution in [2.75, 3.05) is 19.5 Å². The first kappa shape index (κ1) is 22.2. The maximum atomic E-state index is 14.3. The Balaban J connectivity index is 1.68. The van der Waals surface area contributed by atoms with Gasteiger partial charge in [-0.3, -0.25) is 0 Å². The zero-order valence-corrected chi connectivity index (χ0v) is 18.4. The highest BCUT2D eigenvalue weighted by Gasteiger charge is 2.19. The number of methoxy groups -OCH3 is 2. The van der Waals surface area contributed by atoms with E-state index < -0.39 is 6.23 Å². The van der Waals surface area contributed by atoms with Gasteiger partial charge in [-0.1, -0.05) is 24.3 Å². The Morgan fingerprint density at radius 1 is 1.12 bits per heavy atom. The van der Waals surface area contributed by atoms with E-state index in [1.165, 1.54) is 23.1 Å². The summed E-state index contributed by atoms with van der Waals surface area (Å²) in [6, 6.07) is 13.8. The minimum atomic E-state index is -0.450. The van der Waals surface area contributed by atoms with Gasteiger partial charge >= 0.3 is 0 Å². The van der Waals surface area contributed by atoms with E-state index in [1.807, 2.05) is 24.3 Å². The third-order valence-electron chi connectivity index (χ3n) is 5.02. The van der Waals surface area contributed by atoms with Crippen LogP contribution in [-0.4, -0.2) is 50.3 Å². The van der Waals surface area contributed by atoms with Crippen LogP contribution in [0.2, 0.25) is 0 Å². The number of hydrogen-bond donors (Lipinski definition) is 2. The largest absolute Gasteiger partial charge is 0.497 e. The van der Waals surface area contributed by atoms with E-state index in [4.69, 9.17) is 9.47 Å². The lowest BCUT2D eigenvalue weighted by molar-refractivity contribution is 0.125. The molecule has 4 rings (SSSR count). The van der Waals surface area contributed by atoms with Gasteiger partial charge in [-0.2, -0.15) is 9.67 Å². The molecule has 2 aromatic heterocycles. The summed E-state index contributed by atoms with van der Waals surface area (Å²) >= 11 is 0. The van der Waals surface area contributed by atoms with Gasteiger partial charge in [0.1, 0.15) is 24.1 Å². The van der Waals surface area contributed by atoms with E-state index in [-0.39, 0.29) is 23.5 Å². The summed E-state index contributed by atoms with van der Waals surface area (Å²) in [6.07, 6.45) is 1.28. The van der Waals surface area contributed by atoms with Crippen molar-refractivity contribution in [1.29, 1.82) is 0 Å². The average Bonchev–Trinajstić information content (AvgIpc) is 3.24. The first-order valence-corrected chi connectivity index (χ1v) is 10.1. The number of aryl methyl sites for hydroxylation is 1. The van der Waals surface area contributed by atoms with E-state index >= 15 is 0 Å². The van der Waals surface area contributed by atoms with Crippen molar-refractivity contribution in [1.82, 2.24) is 24.7 Å².